The van der Waals surface area contributed by atoms with Gasteiger partial charge in [-0.05, 0) is 43.1 Å². The topological polar surface area (TPSA) is 35.2 Å². The van der Waals surface area contributed by atoms with Gasteiger partial charge in [0.05, 0.1) is 7.11 Å². The van der Waals surface area contributed by atoms with Crippen LogP contribution in [0.25, 0.3) is 0 Å². The summed E-state index contributed by atoms with van der Waals surface area (Å²) < 4.78 is 5.12. The van der Waals surface area contributed by atoms with Crippen molar-refractivity contribution in [3.63, 3.8) is 0 Å². The summed E-state index contributed by atoms with van der Waals surface area (Å²) in [5.41, 5.74) is 8.03. The standard InChI is InChI=1S/C10H15NO.BrH/c1-8-3-4-10(12-2)7-9(8)5-6-11;/h3-4,7H,5-6,11H2,1-2H3;1H. The van der Waals surface area contributed by atoms with Gasteiger partial charge in [-0.2, -0.15) is 0 Å². The van der Waals surface area contributed by atoms with Crippen LogP contribution in [0.15, 0.2) is 18.2 Å². The van der Waals surface area contributed by atoms with Gasteiger partial charge in [-0.25, -0.2) is 0 Å². The second kappa shape index (κ2) is 6.00. The predicted octanol–water partition coefficient (Wildman–Crippen LogP) is 2.08. The normalized spacial score (nSPS) is 9.15. The van der Waals surface area contributed by atoms with Crippen molar-refractivity contribution in [2.75, 3.05) is 13.7 Å². The van der Waals surface area contributed by atoms with Gasteiger partial charge in [0.1, 0.15) is 5.75 Å². The first kappa shape index (κ1) is 12.5. The van der Waals surface area contributed by atoms with Crippen LogP contribution in [-0.2, 0) is 6.42 Å². The molecule has 1 aromatic rings. The molecule has 0 unspecified atom stereocenters. The second-order valence-corrected chi connectivity index (χ2v) is 2.83. The average molecular weight is 246 g/mol. The van der Waals surface area contributed by atoms with Crippen LogP contribution in [0.4, 0.5) is 0 Å². The van der Waals surface area contributed by atoms with Gasteiger partial charge in [-0.3, -0.25) is 0 Å². The summed E-state index contributed by atoms with van der Waals surface area (Å²) in [6.45, 7) is 2.78. The smallest absolute Gasteiger partial charge is 0.119 e. The van der Waals surface area contributed by atoms with Crippen molar-refractivity contribution in [3.8, 4) is 5.75 Å². The van der Waals surface area contributed by atoms with Crippen LogP contribution >= 0.6 is 17.0 Å². The van der Waals surface area contributed by atoms with E-state index in [-0.39, 0.29) is 17.0 Å². The maximum atomic E-state index is 5.48. The Labute approximate surface area is 89.9 Å². The molecule has 0 aromatic heterocycles. The zero-order valence-corrected chi connectivity index (χ0v) is 9.75. The van der Waals surface area contributed by atoms with Crippen molar-refractivity contribution in [2.45, 2.75) is 13.3 Å². The maximum absolute atomic E-state index is 5.48. The molecule has 3 heteroatoms. The minimum atomic E-state index is 0. The minimum Gasteiger partial charge on any atom is -0.497 e. The Morgan fingerprint density at radius 1 is 1.38 bits per heavy atom. The first-order valence-corrected chi connectivity index (χ1v) is 4.11. The van der Waals surface area contributed by atoms with Gasteiger partial charge in [0, 0.05) is 0 Å². The van der Waals surface area contributed by atoms with Crippen LogP contribution < -0.4 is 10.5 Å². The van der Waals surface area contributed by atoms with Gasteiger partial charge >= 0.3 is 0 Å². The van der Waals surface area contributed by atoms with Gasteiger partial charge in [0.25, 0.3) is 0 Å². The molecule has 1 aromatic carbocycles. The minimum absolute atomic E-state index is 0. The molecule has 0 aliphatic rings. The lowest BCUT2D eigenvalue weighted by Crippen LogP contribution is -2.04. The molecule has 0 radical (unpaired) electrons. The number of halogens is 1. The molecule has 0 fully saturated rings. The van der Waals surface area contributed by atoms with Crippen molar-refractivity contribution in [1.82, 2.24) is 0 Å². The van der Waals surface area contributed by atoms with Gasteiger partial charge in [-0.15, -0.1) is 17.0 Å². The quantitative estimate of drug-likeness (QED) is 0.886. The predicted molar refractivity (Wildman–Crippen MR) is 60.8 cm³/mol. The Hall–Kier alpha value is -0.540. The third-order valence-electron chi connectivity index (χ3n) is 1.97. The van der Waals surface area contributed by atoms with E-state index < -0.39 is 0 Å². The molecular formula is C10H16BrNO. The first-order valence-electron chi connectivity index (χ1n) is 4.11. The zero-order chi connectivity index (χ0) is 8.97. The van der Waals surface area contributed by atoms with Crippen molar-refractivity contribution in [2.24, 2.45) is 5.73 Å². The molecule has 2 nitrogen and oxygen atoms in total. The summed E-state index contributed by atoms with van der Waals surface area (Å²) in [4.78, 5) is 0. The highest BCUT2D eigenvalue weighted by Crippen LogP contribution is 2.16. The van der Waals surface area contributed by atoms with E-state index in [9.17, 15) is 0 Å². The lowest BCUT2D eigenvalue weighted by atomic mass is 10.1. The first-order chi connectivity index (χ1) is 5.77. The fourth-order valence-corrected chi connectivity index (χ4v) is 1.20. The van der Waals surface area contributed by atoms with E-state index in [1.165, 1.54) is 11.1 Å². The van der Waals surface area contributed by atoms with E-state index in [1.807, 2.05) is 12.1 Å². The average Bonchev–Trinajstić information content (AvgIpc) is 2.09. The summed E-state index contributed by atoms with van der Waals surface area (Å²) >= 11 is 0. The Bertz CT molecular complexity index is 263. The fraction of sp³-hybridized carbons (Fsp3) is 0.400. The highest BCUT2D eigenvalue weighted by Gasteiger charge is 1.98. The van der Waals surface area contributed by atoms with E-state index >= 15 is 0 Å². The van der Waals surface area contributed by atoms with Crippen LogP contribution in [0, 0.1) is 6.92 Å². The summed E-state index contributed by atoms with van der Waals surface area (Å²) in [6, 6.07) is 6.07. The fourth-order valence-electron chi connectivity index (χ4n) is 1.20. The summed E-state index contributed by atoms with van der Waals surface area (Å²) in [5, 5.41) is 0. The number of ether oxygens (including phenoxy) is 1. The van der Waals surface area contributed by atoms with Crippen molar-refractivity contribution < 1.29 is 4.74 Å². The number of nitrogens with two attached hydrogens (primary N) is 1. The van der Waals surface area contributed by atoms with Crippen LogP contribution in [0.1, 0.15) is 11.1 Å². The van der Waals surface area contributed by atoms with Crippen LogP contribution in [-0.4, -0.2) is 13.7 Å². The van der Waals surface area contributed by atoms with Gasteiger partial charge in [-0.1, -0.05) is 6.07 Å². The largest absolute Gasteiger partial charge is 0.497 e. The number of benzene rings is 1. The Morgan fingerprint density at radius 2 is 2.08 bits per heavy atom. The second-order valence-electron chi connectivity index (χ2n) is 2.83. The van der Waals surface area contributed by atoms with E-state index in [0.717, 1.165) is 12.2 Å². The molecular weight excluding hydrogens is 230 g/mol. The molecule has 2 N–H and O–H groups in total. The molecule has 1 rings (SSSR count). The molecule has 74 valence electrons. The Kier molecular flexibility index (Phi) is 5.75. The highest BCUT2D eigenvalue weighted by atomic mass is 79.9. The number of aryl methyl sites for hydroxylation is 1. The summed E-state index contributed by atoms with van der Waals surface area (Å²) in [7, 11) is 1.68. The van der Waals surface area contributed by atoms with E-state index in [2.05, 4.69) is 13.0 Å². The summed E-state index contributed by atoms with van der Waals surface area (Å²) in [5.74, 6) is 0.907. The van der Waals surface area contributed by atoms with E-state index in [1.54, 1.807) is 7.11 Å². The third kappa shape index (κ3) is 3.36. The molecule has 0 aliphatic heterocycles. The SMILES string of the molecule is Br.COc1ccc(C)c(CCN)c1. The zero-order valence-electron chi connectivity index (χ0n) is 8.04. The lowest BCUT2D eigenvalue weighted by Gasteiger charge is -2.06. The molecule has 0 heterocycles. The molecule has 13 heavy (non-hydrogen) atoms. The van der Waals surface area contributed by atoms with Gasteiger partial charge in [0.2, 0.25) is 0 Å². The summed E-state index contributed by atoms with van der Waals surface area (Å²) in [6.07, 6.45) is 0.920. The maximum Gasteiger partial charge on any atom is 0.119 e. The number of hydrogen-bond acceptors (Lipinski definition) is 2. The third-order valence-corrected chi connectivity index (χ3v) is 1.97. The molecule has 0 atom stereocenters. The Balaban J connectivity index is 0.00000144. The van der Waals surface area contributed by atoms with Crippen molar-refractivity contribution in [3.05, 3.63) is 29.3 Å². The molecule has 0 aliphatic carbocycles. The van der Waals surface area contributed by atoms with Crippen molar-refractivity contribution in [1.29, 1.82) is 0 Å². The molecule has 0 saturated heterocycles. The van der Waals surface area contributed by atoms with Crippen molar-refractivity contribution >= 4 is 17.0 Å². The molecule has 0 spiro atoms. The molecule has 0 saturated carbocycles. The lowest BCUT2D eigenvalue weighted by molar-refractivity contribution is 0.414. The number of methoxy groups -OCH3 is 1. The Morgan fingerprint density at radius 3 is 2.62 bits per heavy atom. The number of hydrogen-bond donors (Lipinski definition) is 1. The highest BCUT2D eigenvalue weighted by molar-refractivity contribution is 8.93. The van der Waals surface area contributed by atoms with Crippen LogP contribution in [0.2, 0.25) is 0 Å². The molecule has 0 amide bonds. The monoisotopic (exact) mass is 245 g/mol. The van der Waals surface area contributed by atoms with Crippen LogP contribution in [0.5, 0.6) is 5.75 Å². The number of rotatable bonds is 3. The van der Waals surface area contributed by atoms with E-state index in [0.29, 0.717) is 6.54 Å². The molecule has 0 bridgehead atoms. The van der Waals surface area contributed by atoms with E-state index in [4.69, 9.17) is 10.5 Å². The van der Waals surface area contributed by atoms with Gasteiger partial charge in [0.15, 0.2) is 0 Å². The van der Waals surface area contributed by atoms with Gasteiger partial charge < -0.3 is 10.5 Å². The van der Waals surface area contributed by atoms with Crippen LogP contribution in [0.3, 0.4) is 0 Å².